The smallest absolute Gasteiger partial charge is 0.347 e. The maximum atomic E-state index is 13.8. The third-order valence-corrected chi connectivity index (χ3v) is 9.01. The van der Waals surface area contributed by atoms with E-state index in [9.17, 15) is 19.2 Å². The van der Waals surface area contributed by atoms with Gasteiger partial charge in [-0.3, -0.25) is 14.4 Å². The highest BCUT2D eigenvalue weighted by atomic mass is 35.5. The third-order valence-electron chi connectivity index (χ3n) is 8.71. The van der Waals surface area contributed by atoms with Crippen molar-refractivity contribution < 1.29 is 33.4 Å². The van der Waals surface area contributed by atoms with Gasteiger partial charge in [0, 0.05) is 36.9 Å². The maximum absolute atomic E-state index is 13.8. The predicted molar refractivity (Wildman–Crippen MR) is 210 cm³/mol. The molecule has 0 radical (unpaired) electrons. The van der Waals surface area contributed by atoms with Gasteiger partial charge in [0.05, 0.1) is 17.5 Å². The Hall–Kier alpha value is -5.33. The van der Waals surface area contributed by atoms with Gasteiger partial charge in [0.25, 0.3) is 0 Å². The van der Waals surface area contributed by atoms with Crippen molar-refractivity contribution in [2.45, 2.75) is 78.0 Å². The molecule has 2 amide bonds. The largest absolute Gasteiger partial charge is 0.495 e. The Morgan fingerprint density at radius 3 is 2.35 bits per heavy atom. The van der Waals surface area contributed by atoms with Gasteiger partial charge in [-0.15, -0.1) is 0 Å². The molecule has 2 N–H and O–H groups in total. The highest BCUT2D eigenvalue weighted by Crippen LogP contribution is 2.26. The molecule has 0 aliphatic carbocycles. The Kier molecular flexibility index (Phi) is 15.5. The summed E-state index contributed by atoms with van der Waals surface area (Å²) in [5.41, 5.74) is 2.12. The fourth-order valence-corrected chi connectivity index (χ4v) is 5.89. The van der Waals surface area contributed by atoms with E-state index in [0.29, 0.717) is 22.8 Å². The molecule has 10 heteroatoms. The Morgan fingerprint density at radius 1 is 0.981 bits per heavy atom. The molecule has 3 aromatic carbocycles. The van der Waals surface area contributed by atoms with Crippen LogP contribution in [0, 0.1) is 23.2 Å². The molecule has 1 aliphatic heterocycles. The second-order valence-electron chi connectivity index (χ2n) is 14.3. The van der Waals surface area contributed by atoms with Crippen LogP contribution in [0.3, 0.4) is 0 Å². The molecule has 0 bridgehead atoms. The van der Waals surface area contributed by atoms with Crippen LogP contribution in [0.25, 0.3) is 0 Å². The number of halogens is 1. The van der Waals surface area contributed by atoms with Gasteiger partial charge in [-0.2, -0.15) is 0 Å². The number of ether oxygens (including phenoxy) is 3. The standard InChI is InChI=1S/C44H49ClN2O7/c1-30(2)25-39-42(50)53-35(26-33(21-19-31-13-8-6-9-14-31)22-20-32-15-10-7-11-16-32)17-12-18-40(48)47-37(28-34-23-24-38(52-5)36(45)27-34)41(49)46-29-44(3,4)43(51)54-39/h6-16,18,21,23-24,27,30,35,37,39H,17,19,25-26,28-29H2,1-5H3,(H,46,49)(H,47,48)/b18-12+,33-21+/t35?,37?,39-/m0/s1. The van der Waals surface area contributed by atoms with Crippen LogP contribution in [0.5, 0.6) is 5.75 Å². The lowest BCUT2D eigenvalue weighted by Gasteiger charge is -2.28. The van der Waals surface area contributed by atoms with Gasteiger partial charge < -0.3 is 24.8 Å². The minimum absolute atomic E-state index is 0.00362. The zero-order valence-corrected chi connectivity index (χ0v) is 32.3. The Bertz CT molecular complexity index is 1880. The van der Waals surface area contributed by atoms with Gasteiger partial charge in [0.2, 0.25) is 11.8 Å². The summed E-state index contributed by atoms with van der Waals surface area (Å²) in [5.74, 6) is 4.57. The van der Waals surface area contributed by atoms with E-state index >= 15 is 0 Å². The molecule has 54 heavy (non-hydrogen) atoms. The Balaban J connectivity index is 1.68. The molecule has 0 spiro atoms. The molecule has 3 aromatic rings. The van der Waals surface area contributed by atoms with E-state index in [1.165, 1.54) is 13.2 Å². The third kappa shape index (κ3) is 13.3. The Morgan fingerprint density at radius 2 is 1.69 bits per heavy atom. The molecule has 0 aromatic heterocycles. The summed E-state index contributed by atoms with van der Waals surface area (Å²) in [7, 11) is 1.51. The molecule has 3 atom stereocenters. The second-order valence-corrected chi connectivity index (χ2v) is 14.7. The summed E-state index contributed by atoms with van der Waals surface area (Å²) in [6.45, 7) is 6.97. The molecule has 4 rings (SSSR count). The summed E-state index contributed by atoms with van der Waals surface area (Å²) >= 11 is 6.36. The summed E-state index contributed by atoms with van der Waals surface area (Å²) in [5, 5.41) is 5.93. The predicted octanol–water partition coefficient (Wildman–Crippen LogP) is 6.96. The topological polar surface area (TPSA) is 120 Å². The van der Waals surface area contributed by atoms with Crippen molar-refractivity contribution in [1.82, 2.24) is 10.6 Å². The van der Waals surface area contributed by atoms with Gasteiger partial charge in [-0.25, -0.2) is 4.79 Å². The number of hydrogen-bond donors (Lipinski definition) is 2. The summed E-state index contributed by atoms with van der Waals surface area (Å²) in [6.07, 6.45) is 4.33. The minimum atomic E-state index is -1.22. The number of rotatable bonds is 9. The van der Waals surface area contributed by atoms with Crippen molar-refractivity contribution in [3.05, 3.63) is 124 Å². The SMILES string of the molecule is COc1ccc(CC2NC(=O)/C=C/CC(C/C(C#Cc3ccccc3)=C/Cc3ccccc3)OC(=O)[C@H](CC(C)C)OC(=O)C(C)(C)CNC2=O)cc1Cl. The van der Waals surface area contributed by atoms with Crippen LogP contribution in [0.2, 0.25) is 5.02 Å². The first kappa shape index (κ1) is 41.4. The van der Waals surface area contributed by atoms with Crippen molar-refractivity contribution in [2.75, 3.05) is 13.7 Å². The van der Waals surface area contributed by atoms with Gasteiger partial charge in [-0.05, 0) is 74.1 Å². The van der Waals surface area contributed by atoms with E-state index in [0.717, 1.165) is 16.7 Å². The molecule has 284 valence electrons. The van der Waals surface area contributed by atoms with Crippen molar-refractivity contribution in [2.24, 2.45) is 11.3 Å². The van der Waals surface area contributed by atoms with Gasteiger partial charge in [0.15, 0.2) is 6.10 Å². The van der Waals surface area contributed by atoms with Crippen LogP contribution < -0.4 is 15.4 Å². The van der Waals surface area contributed by atoms with Crippen LogP contribution in [0.15, 0.2) is 103 Å². The highest BCUT2D eigenvalue weighted by molar-refractivity contribution is 6.32. The molecule has 0 saturated carbocycles. The van der Waals surface area contributed by atoms with Crippen molar-refractivity contribution in [3.63, 3.8) is 0 Å². The molecule has 2 unspecified atom stereocenters. The number of benzene rings is 3. The molecule has 9 nitrogen and oxygen atoms in total. The second kappa shape index (κ2) is 20.2. The lowest BCUT2D eigenvalue weighted by Crippen LogP contribution is -2.51. The number of hydrogen-bond acceptors (Lipinski definition) is 7. The van der Waals surface area contributed by atoms with Gasteiger partial charge >= 0.3 is 11.9 Å². The van der Waals surface area contributed by atoms with E-state index < -0.39 is 47.4 Å². The zero-order valence-electron chi connectivity index (χ0n) is 31.5. The average Bonchev–Trinajstić information content (AvgIpc) is 3.14. The molecule has 1 heterocycles. The van der Waals surface area contributed by atoms with Crippen molar-refractivity contribution in [3.8, 4) is 17.6 Å². The number of carbonyl (C=O) groups excluding carboxylic acids is 4. The molecular weight excluding hydrogens is 704 g/mol. The van der Waals surface area contributed by atoms with Crippen LogP contribution in [0.1, 0.15) is 63.6 Å². The number of nitrogens with one attached hydrogen (secondary N) is 2. The maximum Gasteiger partial charge on any atom is 0.347 e. The van der Waals surface area contributed by atoms with Crippen molar-refractivity contribution >= 4 is 35.4 Å². The lowest BCUT2D eigenvalue weighted by atomic mass is 9.93. The fraction of sp³-hybridized carbons (Fsp3) is 0.364. The number of carbonyl (C=O) groups is 4. The monoisotopic (exact) mass is 752 g/mol. The van der Waals surface area contributed by atoms with Crippen molar-refractivity contribution in [1.29, 1.82) is 0 Å². The first-order valence-corrected chi connectivity index (χ1v) is 18.5. The summed E-state index contributed by atoms with van der Waals surface area (Å²) in [6, 6.07) is 23.6. The first-order valence-electron chi connectivity index (χ1n) is 18.1. The molecule has 1 aliphatic rings. The molecule has 0 saturated heterocycles. The van der Waals surface area contributed by atoms with E-state index in [1.54, 1.807) is 38.1 Å². The van der Waals surface area contributed by atoms with Crippen LogP contribution in [0.4, 0.5) is 0 Å². The number of allylic oxidation sites excluding steroid dienone is 1. The molecule has 0 fully saturated rings. The number of methoxy groups -OCH3 is 1. The van der Waals surface area contributed by atoms with Crippen LogP contribution in [-0.2, 0) is 41.5 Å². The zero-order chi connectivity index (χ0) is 39.1. The Labute approximate surface area is 323 Å². The lowest BCUT2D eigenvalue weighted by molar-refractivity contribution is -0.177. The number of amides is 2. The van der Waals surface area contributed by atoms with Crippen LogP contribution in [-0.4, -0.2) is 55.7 Å². The number of esters is 2. The van der Waals surface area contributed by atoms with Gasteiger partial charge in [0.1, 0.15) is 17.9 Å². The summed E-state index contributed by atoms with van der Waals surface area (Å²) < 4.78 is 17.2. The normalized spacial score (nSPS) is 20.4. The fourth-order valence-electron chi connectivity index (χ4n) is 5.61. The summed E-state index contributed by atoms with van der Waals surface area (Å²) in [4.78, 5) is 54.3. The molecular formula is C44H49ClN2O7. The van der Waals surface area contributed by atoms with E-state index in [4.69, 9.17) is 25.8 Å². The van der Waals surface area contributed by atoms with E-state index in [2.05, 4.69) is 22.5 Å². The van der Waals surface area contributed by atoms with E-state index in [1.807, 2.05) is 80.6 Å². The minimum Gasteiger partial charge on any atom is -0.495 e. The first-order chi connectivity index (χ1) is 25.8. The average molecular weight is 753 g/mol. The van der Waals surface area contributed by atoms with Gasteiger partial charge in [-0.1, -0.05) is 104 Å². The van der Waals surface area contributed by atoms with Crippen LogP contribution >= 0.6 is 11.6 Å². The highest BCUT2D eigenvalue weighted by Gasteiger charge is 2.36. The quantitative estimate of drug-likeness (QED) is 0.179. The van der Waals surface area contributed by atoms with E-state index in [-0.39, 0.29) is 38.1 Å². The number of cyclic esters (lactones) is 2.